The van der Waals surface area contributed by atoms with Crippen molar-refractivity contribution in [3.8, 4) is 17.2 Å². The molecule has 0 saturated heterocycles. The van der Waals surface area contributed by atoms with Gasteiger partial charge >= 0.3 is 0 Å². The molecule has 0 fully saturated rings. The minimum atomic E-state index is -4.58. The number of ketones is 2. The molecule has 8 nitrogen and oxygen atoms in total. The zero-order valence-corrected chi connectivity index (χ0v) is 27.0. The van der Waals surface area contributed by atoms with Gasteiger partial charge in [0.05, 0.1) is 6.61 Å². The van der Waals surface area contributed by atoms with Crippen molar-refractivity contribution in [3.63, 3.8) is 0 Å². The average molecular weight is 630 g/mol. The summed E-state index contributed by atoms with van der Waals surface area (Å²) < 4.78 is 45.4. The number of ether oxygens (including phenoxy) is 2. The van der Waals surface area contributed by atoms with Crippen LogP contribution in [0.2, 0.25) is 0 Å². The lowest BCUT2D eigenvalue weighted by Gasteiger charge is -2.23. The molecule has 4 aromatic carbocycles. The molecule has 0 amide bonds. The molecular formula is C36H39NO7S. The molecule has 9 heteroatoms. The van der Waals surface area contributed by atoms with Gasteiger partial charge in [-0.05, 0) is 67.1 Å². The largest absolute Gasteiger partial charge is 0.492 e. The SMILES string of the molecule is CCC(C)(C)COc1ccc(Oc2ccc(C(=O)c3ccc(C(=O)c4ccc(C(C)(N)CC)cc4)cc3)cc2)cc1S(=O)(=O)O. The van der Waals surface area contributed by atoms with Crippen LogP contribution in [0, 0.1) is 5.41 Å². The molecule has 4 aromatic rings. The van der Waals surface area contributed by atoms with Crippen molar-refractivity contribution in [1.82, 2.24) is 0 Å². The predicted molar refractivity (Wildman–Crippen MR) is 174 cm³/mol. The summed E-state index contributed by atoms with van der Waals surface area (Å²) in [6.45, 7) is 10.2. The van der Waals surface area contributed by atoms with E-state index in [2.05, 4.69) is 0 Å². The lowest BCUT2D eigenvalue weighted by atomic mass is 9.89. The molecule has 236 valence electrons. The maximum Gasteiger partial charge on any atom is 0.298 e. The summed E-state index contributed by atoms with van der Waals surface area (Å²) in [6.07, 6.45) is 1.59. The zero-order chi connectivity index (χ0) is 33.0. The molecular weight excluding hydrogens is 590 g/mol. The van der Waals surface area contributed by atoms with Crippen molar-refractivity contribution in [2.24, 2.45) is 11.1 Å². The molecule has 0 saturated carbocycles. The standard InChI is InChI=1S/C36H39NO7S/c1-6-35(3,4)23-43-31-21-20-30(22-32(31)45(40,41)42)44-29-18-14-27(15-19-29)34(39)25-10-8-24(9-11-25)33(38)26-12-16-28(17-13-26)36(5,37)7-2/h8-22H,6-7,23,37H2,1-5H3,(H,40,41,42). The number of benzene rings is 4. The topological polar surface area (TPSA) is 133 Å². The molecule has 0 bridgehead atoms. The van der Waals surface area contributed by atoms with Crippen LogP contribution in [0.4, 0.5) is 0 Å². The Labute approximate surface area is 265 Å². The Morgan fingerprint density at radius 2 is 1.16 bits per heavy atom. The molecule has 0 spiro atoms. The molecule has 0 aliphatic rings. The summed E-state index contributed by atoms with van der Waals surface area (Å²) in [5.41, 5.74) is 8.42. The number of hydrogen-bond donors (Lipinski definition) is 2. The second kappa shape index (κ2) is 13.4. The van der Waals surface area contributed by atoms with Crippen LogP contribution in [0.1, 0.15) is 84.9 Å². The van der Waals surface area contributed by atoms with Gasteiger partial charge in [0.25, 0.3) is 10.1 Å². The van der Waals surface area contributed by atoms with E-state index in [1.807, 2.05) is 46.8 Å². The zero-order valence-electron chi connectivity index (χ0n) is 26.2. The van der Waals surface area contributed by atoms with E-state index in [1.54, 1.807) is 66.7 Å². The smallest absolute Gasteiger partial charge is 0.298 e. The Hall–Kier alpha value is -4.31. The van der Waals surface area contributed by atoms with Crippen LogP contribution in [-0.4, -0.2) is 31.1 Å². The van der Waals surface area contributed by atoms with Gasteiger partial charge in [-0.25, -0.2) is 0 Å². The monoisotopic (exact) mass is 629 g/mol. The Kier molecular flexibility index (Phi) is 9.97. The Balaban J connectivity index is 1.44. The summed E-state index contributed by atoms with van der Waals surface area (Å²) in [6, 6.07) is 24.3. The van der Waals surface area contributed by atoms with Crippen LogP contribution in [-0.2, 0) is 15.7 Å². The third kappa shape index (κ3) is 8.25. The highest BCUT2D eigenvalue weighted by Crippen LogP contribution is 2.33. The number of carbonyl (C=O) groups is 2. The van der Waals surface area contributed by atoms with E-state index in [-0.39, 0.29) is 35.1 Å². The lowest BCUT2D eigenvalue weighted by molar-refractivity contribution is 0.102. The first-order valence-electron chi connectivity index (χ1n) is 14.7. The Morgan fingerprint density at radius 3 is 1.60 bits per heavy atom. The summed E-state index contributed by atoms with van der Waals surface area (Å²) in [5.74, 6) is 0.162. The van der Waals surface area contributed by atoms with Crippen molar-refractivity contribution in [2.45, 2.75) is 57.9 Å². The van der Waals surface area contributed by atoms with E-state index >= 15 is 0 Å². The molecule has 0 heterocycles. The van der Waals surface area contributed by atoms with Gasteiger partial charge in [0.15, 0.2) is 11.6 Å². The van der Waals surface area contributed by atoms with E-state index in [0.717, 1.165) is 18.4 Å². The third-order valence-corrected chi connectivity index (χ3v) is 8.95. The van der Waals surface area contributed by atoms with Gasteiger partial charge in [0, 0.05) is 33.9 Å². The molecule has 1 atom stereocenters. The van der Waals surface area contributed by atoms with Crippen molar-refractivity contribution in [2.75, 3.05) is 6.61 Å². The summed E-state index contributed by atoms with van der Waals surface area (Å²) in [4.78, 5) is 25.7. The number of rotatable bonds is 13. The summed E-state index contributed by atoms with van der Waals surface area (Å²) >= 11 is 0. The number of hydrogen-bond acceptors (Lipinski definition) is 7. The second-order valence-electron chi connectivity index (χ2n) is 12.1. The van der Waals surface area contributed by atoms with Gasteiger partial charge in [0.1, 0.15) is 22.1 Å². The highest BCUT2D eigenvalue weighted by Gasteiger charge is 2.23. The first-order valence-corrected chi connectivity index (χ1v) is 16.2. The van der Waals surface area contributed by atoms with Gasteiger partial charge < -0.3 is 15.2 Å². The molecule has 0 radical (unpaired) electrons. The predicted octanol–water partition coefficient (Wildman–Crippen LogP) is 7.59. The maximum absolute atomic E-state index is 13.1. The lowest BCUT2D eigenvalue weighted by Crippen LogP contribution is -2.31. The Morgan fingerprint density at radius 1 is 0.711 bits per heavy atom. The maximum atomic E-state index is 13.1. The summed E-state index contributed by atoms with van der Waals surface area (Å²) in [7, 11) is -4.58. The van der Waals surface area contributed by atoms with Crippen LogP contribution in [0.25, 0.3) is 0 Å². The molecule has 4 rings (SSSR count). The van der Waals surface area contributed by atoms with Crippen LogP contribution in [0.3, 0.4) is 0 Å². The molecule has 0 aliphatic carbocycles. The summed E-state index contributed by atoms with van der Waals surface area (Å²) in [5, 5.41) is 0. The van der Waals surface area contributed by atoms with Crippen LogP contribution >= 0.6 is 0 Å². The highest BCUT2D eigenvalue weighted by molar-refractivity contribution is 7.86. The molecule has 1 unspecified atom stereocenters. The quantitative estimate of drug-likeness (QED) is 0.114. The average Bonchev–Trinajstić information content (AvgIpc) is 3.03. The van der Waals surface area contributed by atoms with Crippen molar-refractivity contribution < 1.29 is 32.0 Å². The fourth-order valence-electron chi connectivity index (χ4n) is 4.37. The highest BCUT2D eigenvalue weighted by atomic mass is 32.2. The molecule has 3 N–H and O–H groups in total. The van der Waals surface area contributed by atoms with E-state index in [9.17, 15) is 22.6 Å². The first-order chi connectivity index (χ1) is 21.1. The van der Waals surface area contributed by atoms with Gasteiger partial charge in [-0.2, -0.15) is 8.42 Å². The van der Waals surface area contributed by atoms with Crippen molar-refractivity contribution in [1.29, 1.82) is 0 Å². The van der Waals surface area contributed by atoms with E-state index in [4.69, 9.17) is 15.2 Å². The van der Waals surface area contributed by atoms with Crippen molar-refractivity contribution in [3.05, 3.63) is 119 Å². The van der Waals surface area contributed by atoms with E-state index in [0.29, 0.717) is 28.0 Å². The van der Waals surface area contributed by atoms with Gasteiger partial charge in [0.2, 0.25) is 0 Å². The molecule has 0 aromatic heterocycles. The third-order valence-electron chi connectivity index (χ3n) is 8.07. The Bertz CT molecular complexity index is 1780. The number of carbonyl (C=O) groups excluding carboxylic acids is 2. The van der Waals surface area contributed by atoms with Gasteiger partial charge in [-0.3, -0.25) is 14.1 Å². The first kappa shape index (κ1) is 33.6. The fraction of sp³-hybridized carbons (Fsp3) is 0.278. The fourth-order valence-corrected chi connectivity index (χ4v) is 5.02. The van der Waals surface area contributed by atoms with Crippen LogP contribution in [0.15, 0.2) is 95.9 Å². The van der Waals surface area contributed by atoms with E-state index in [1.165, 1.54) is 12.1 Å². The molecule has 45 heavy (non-hydrogen) atoms. The van der Waals surface area contributed by atoms with E-state index < -0.39 is 20.6 Å². The molecule has 0 aliphatic heterocycles. The van der Waals surface area contributed by atoms with Gasteiger partial charge in [-0.1, -0.05) is 76.2 Å². The minimum Gasteiger partial charge on any atom is -0.492 e. The van der Waals surface area contributed by atoms with Gasteiger partial charge in [-0.15, -0.1) is 0 Å². The van der Waals surface area contributed by atoms with Crippen LogP contribution in [0.5, 0.6) is 17.2 Å². The minimum absolute atomic E-state index is 0.0315. The number of nitrogens with two attached hydrogens (primary N) is 1. The van der Waals surface area contributed by atoms with Crippen LogP contribution < -0.4 is 15.2 Å². The normalized spacial score (nSPS) is 13.1. The van der Waals surface area contributed by atoms with Crippen molar-refractivity contribution >= 4 is 21.7 Å². The second-order valence-corrected chi connectivity index (χ2v) is 13.5.